The third-order valence-corrected chi connectivity index (χ3v) is 3.75. The second-order valence-electron chi connectivity index (χ2n) is 5.18. The van der Waals surface area contributed by atoms with Crippen molar-refractivity contribution in [1.29, 1.82) is 0 Å². The molecule has 2 unspecified atom stereocenters. The molecule has 0 N–H and O–H groups in total. The third kappa shape index (κ3) is 4.49. The molecular formula is C18H17ClN2O3. The number of hydrogen-bond donors (Lipinski definition) is 0. The Bertz CT molecular complexity index is 730. The lowest BCUT2D eigenvalue weighted by Gasteiger charge is -2.16. The molecule has 24 heavy (non-hydrogen) atoms. The first kappa shape index (κ1) is 17.8. The van der Waals surface area contributed by atoms with Crippen LogP contribution in [0.5, 0.6) is 0 Å². The fraction of sp³-hybridized carbons (Fsp3) is 0.222. The molecule has 0 bridgehead atoms. The molecule has 0 heterocycles. The Balaban J connectivity index is 2.30. The van der Waals surface area contributed by atoms with Gasteiger partial charge in [0.25, 0.3) is 0 Å². The molecule has 2 rings (SSSR count). The highest BCUT2D eigenvalue weighted by molar-refractivity contribution is 6.30. The van der Waals surface area contributed by atoms with Crippen LogP contribution in [-0.4, -0.2) is 24.9 Å². The van der Waals surface area contributed by atoms with Gasteiger partial charge in [0.05, 0.1) is 18.7 Å². The second kappa shape index (κ2) is 8.36. The molecular weight excluding hydrogens is 328 g/mol. The standard InChI is InChI=1S/C18H17ClN2O3/c1-12(18(23)24-2)16(17(22)13-6-4-3-5-7-13)21-20-15-10-8-14(19)9-11-15/h3-12,16H,1-2H3. The molecule has 0 amide bonds. The van der Waals surface area contributed by atoms with Gasteiger partial charge in [-0.3, -0.25) is 9.59 Å². The first-order valence-corrected chi connectivity index (χ1v) is 7.74. The van der Waals surface area contributed by atoms with E-state index in [0.717, 1.165) is 0 Å². The maximum atomic E-state index is 12.7. The summed E-state index contributed by atoms with van der Waals surface area (Å²) < 4.78 is 4.74. The zero-order valence-corrected chi connectivity index (χ0v) is 14.1. The van der Waals surface area contributed by atoms with Crippen LogP contribution in [0.3, 0.4) is 0 Å². The fourth-order valence-electron chi connectivity index (χ4n) is 2.10. The van der Waals surface area contributed by atoms with Gasteiger partial charge in [-0.05, 0) is 31.2 Å². The maximum Gasteiger partial charge on any atom is 0.311 e. The van der Waals surface area contributed by atoms with Gasteiger partial charge in [0.2, 0.25) is 0 Å². The number of hydrogen-bond acceptors (Lipinski definition) is 5. The molecule has 0 saturated carbocycles. The molecule has 0 spiro atoms. The van der Waals surface area contributed by atoms with E-state index in [1.54, 1.807) is 55.5 Å². The Labute approximate surface area is 145 Å². The Hall–Kier alpha value is -2.53. The molecule has 2 aromatic carbocycles. The second-order valence-corrected chi connectivity index (χ2v) is 5.62. The molecule has 2 atom stereocenters. The summed E-state index contributed by atoms with van der Waals surface area (Å²) in [7, 11) is 1.28. The van der Waals surface area contributed by atoms with Crippen molar-refractivity contribution < 1.29 is 14.3 Å². The van der Waals surface area contributed by atoms with Gasteiger partial charge in [-0.2, -0.15) is 10.2 Å². The van der Waals surface area contributed by atoms with Gasteiger partial charge in [-0.15, -0.1) is 0 Å². The summed E-state index contributed by atoms with van der Waals surface area (Å²) in [5.74, 6) is -1.55. The van der Waals surface area contributed by atoms with Crippen molar-refractivity contribution in [2.75, 3.05) is 7.11 Å². The lowest BCUT2D eigenvalue weighted by atomic mass is 9.94. The van der Waals surface area contributed by atoms with Crippen LogP contribution in [0.15, 0.2) is 64.8 Å². The number of benzene rings is 2. The van der Waals surface area contributed by atoms with Crippen molar-refractivity contribution in [3.05, 3.63) is 65.2 Å². The monoisotopic (exact) mass is 344 g/mol. The maximum absolute atomic E-state index is 12.7. The summed E-state index contributed by atoms with van der Waals surface area (Å²) in [5.41, 5.74) is 1.01. The number of nitrogens with zero attached hydrogens (tertiary/aromatic N) is 2. The summed E-state index contributed by atoms with van der Waals surface area (Å²) >= 11 is 5.83. The van der Waals surface area contributed by atoms with Crippen LogP contribution in [0.25, 0.3) is 0 Å². The molecule has 0 aromatic heterocycles. The largest absolute Gasteiger partial charge is 0.469 e. The smallest absolute Gasteiger partial charge is 0.311 e. The Kier molecular flexibility index (Phi) is 6.21. The van der Waals surface area contributed by atoms with Gasteiger partial charge in [0.1, 0.15) is 6.04 Å². The molecule has 0 fully saturated rings. The number of azo groups is 1. The number of halogens is 1. The number of ketones is 1. The van der Waals surface area contributed by atoms with Crippen molar-refractivity contribution in [2.24, 2.45) is 16.1 Å². The van der Waals surface area contributed by atoms with Crippen molar-refractivity contribution in [3.63, 3.8) is 0 Å². The number of esters is 1. The summed E-state index contributed by atoms with van der Waals surface area (Å²) in [5, 5.41) is 8.75. The van der Waals surface area contributed by atoms with Crippen LogP contribution in [0.1, 0.15) is 17.3 Å². The Morgan fingerprint density at radius 3 is 2.25 bits per heavy atom. The van der Waals surface area contributed by atoms with E-state index < -0.39 is 17.9 Å². The van der Waals surface area contributed by atoms with Gasteiger partial charge in [0.15, 0.2) is 5.78 Å². The van der Waals surface area contributed by atoms with E-state index in [0.29, 0.717) is 16.3 Å². The molecule has 6 heteroatoms. The van der Waals surface area contributed by atoms with Crippen LogP contribution >= 0.6 is 11.6 Å². The predicted octanol–water partition coefficient (Wildman–Crippen LogP) is 4.48. The molecule has 0 aliphatic rings. The zero-order valence-electron chi connectivity index (χ0n) is 13.3. The van der Waals surface area contributed by atoms with E-state index in [1.807, 2.05) is 6.07 Å². The van der Waals surface area contributed by atoms with Crippen molar-refractivity contribution in [1.82, 2.24) is 0 Å². The van der Waals surface area contributed by atoms with Gasteiger partial charge >= 0.3 is 5.97 Å². The van der Waals surface area contributed by atoms with Gasteiger partial charge in [-0.25, -0.2) is 0 Å². The van der Waals surface area contributed by atoms with Crippen molar-refractivity contribution >= 4 is 29.0 Å². The van der Waals surface area contributed by atoms with E-state index in [4.69, 9.17) is 16.3 Å². The topological polar surface area (TPSA) is 68.1 Å². The number of rotatable bonds is 6. The highest BCUT2D eigenvalue weighted by Crippen LogP contribution is 2.21. The summed E-state index contributed by atoms with van der Waals surface area (Å²) in [6, 6.07) is 14.4. The molecule has 124 valence electrons. The molecule has 5 nitrogen and oxygen atoms in total. The summed E-state index contributed by atoms with van der Waals surface area (Å²) in [6.45, 7) is 1.60. The molecule has 0 aliphatic carbocycles. The van der Waals surface area contributed by atoms with E-state index in [1.165, 1.54) is 7.11 Å². The third-order valence-electron chi connectivity index (χ3n) is 3.50. The van der Waals surface area contributed by atoms with Crippen LogP contribution in [0.2, 0.25) is 5.02 Å². The molecule has 2 aromatic rings. The summed E-state index contributed by atoms with van der Waals surface area (Å²) in [4.78, 5) is 24.6. The molecule has 0 radical (unpaired) electrons. The zero-order chi connectivity index (χ0) is 17.5. The fourth-order valence-corrected chi connectivity index (χ4v) is 2.23. The first-order valence-electron chi connectivity index (χ1n) is 7.36. The highest BCUT2D eigenvalue weighted by Gasteiger charge is 2.31. The number of Topliss-reactive ketones (excluding diaryl/α,β-unsaturated/α-hetero) is 1. The Morgan fingerprint density at radius 2 is 1.67 bits per heavy atom. The van der Waals surface area contributed by atoms with E-state index in [9.17, 15) is 9.59 Å². The van der Waals surface area contributed by atoms with E-state index in [-0.39, 0.29) is 5.78 Å². The predicted molar refractivity (Wildman–Crippen MR) is 91.7 cm³/mol. The highest BCUT2D eigenvalue weighted by atomic mass is 35.5. The minimum atomic E-state index is -0.962. The SMILES string of the molecule is COC(=O)C(C)C(N=Nc1ccc(Cl)cc1)C(=O)c1ccccc1. The number of carbonyl (C=O) groups excluding carboxylic acids is 2. The first-order chi connectivity index (χ1) is 11.5. The lowest BCUT2D eigenvalue weighted by Crippen LogP contribution is -2.32. The average molecular weight is 345 g/mol. The van der Waals surface area contributed by atoms with Gasteiger partial charge in [-0.1, -0.05) is 41.9 Å². The van der Waals surface area contributed by atoms with Gasteiger partial charge < -0.3 is 4.74 Å². The minimum Gasteiger partial charge on any atom is -0.469 e. The van der Waals surface area contributed by atoms with Crippen LogP contribution < -0.4 is 0 Å². The average Bonchev–Trinajstić information content (AvgIpc) is 2.63. The van der Waals surface area contributed by atoms with Crippen LogP contribution in [-0.2, 0) is 9.53 Å². The van der Waals surface area contributed by atoms with Crippen molar-refractivity contribution in [2.45, 2.75) is 13.0 Å². The lowest BCUT2D eigenvalue weighted by molar-refractivity contribution is -0.145. The quantitative estimate of drug-likeness (QED) is 0.440. The molecule has 0 aliphatic heterocycles. The Morgan fingerprint density at radius 1 is 1.04 bits per heavy atom. The van der Waals surface area contributed by atoms with Crippen LogP contribution in [0.4, 0.5) is 5.69 Å². The number of ether oxygens (including phenoxy) is 1. The van der Waals surface area contributed by atoms with Crippen LogP contribution in [0, 0.1) is 5.92 Å². The van der Waals surface area contributed by atoms with Gasteiger partial charge in [0, 0.05) is 10.6 Å². The minimum absolute atomic E-state index is 0.286. The summed E-state index contributed by atoms with van der Waals surface area (Å²) in [6.07, 6.45) is 0. The van der Waals surface area contributed by atoms with E-state index >= 15 is 0 Å². The molecule has 0 saturated heterocycles. The number of methoxy groups -OCH3 is 1. The normalized spacial score (nSPS) is 13.5. The number of carbonyl (C=O) groups is 2. The van der Waals surface area contributed by atoms with E-state index in [2.05, 4.69) is 10.2 Å². The van der Waals surface area contributed by atoms with Crippen molar-refractivity contribution in [3.8, 4) is 0 Å².